The summed E-state index contributed by atoms with van der Waals surface area (Å²) in [6.07, 6.45) is -4.60. The molecule has 0 aliphatic carbocycles. The number of hydrogen-bond acceptors (Lipinski definition) is 4. The molecule has 2 aromatic carbocycles. The number of halogens is 3. The summed E-state index contributed by atoms with van der Waals surface area (Å²) in [5, 5.41) is 4.99. The van der Waals surface area contributed by atoms with Crippen molar-refractivity contribution in [2.24, 2.45) is 0 Å². The van der Waals surface area contributed by atoms with Gasteiger partial charge in [-0.05, 0) is 36.8 Å². The van der Waals surface area contributed by atoms with Crippen LogP contribution in [0.15, 0.2) is 47.4 Å². The van der Waals surface area contributed by atoms with Crippen LogP contribution in [0.2, 0.25) is 0 Å². The van der Waals surface area contributed by atoms with Crippen LogP contribution >= 0.6 is 0 Å². The molecule has 0 saturated heterocycles. The number of carbonyl (C=O) groups is 1. The van der Waals surface area contributed by atoms with E-state index in [-0.39, 0.29) is 17.1 Å². The highest BCUT2D eigenvalue weighted by atomic mass is 32.2. The molecular weight excluding hydrogens is 419 g/mol. The quantitative estimate of drug-likeness (QED) is 0.644. The van der Waals surface area contributed by atoms with E-state index in [1.807, 2.05) is 0 Å². The van der Waals surface area contributed by atoms with Gasteiger partial charge in [0.05, 0.1) is 22.7 Å². The van der Waals surface area contributed by atoms with E-state index in [0.717, 1.165) is 6.07 Å². The number of sulfonamides is 1. The molecule has 30 heavy (non-hydrogen) atoms. The van der Waals surface area contributed by atoms with Crippen molar-refractivity contribution in [1.29, 1.82) is 0 Å². The van der Waals surface area contributed by atoms with Gasteiger partial charge in [-0.1, -0.05) is 32.0 Å². The number of aryl methyl sites for hydroxylation is 1. The van der Waals surface area contributed by atoms with Crippen molar-refractivity contribution in [2.75, 3.05) is 30.3 Å². The molecule has 0 heterocycles. The minimum absolute atomic E-state index is 0.110. The maximum atomic E-state index is 13.0. The molecule has 6 nitrogen and oxygen atoms in total. The molecule has 0 bridgehead atoms. The summed E-state index contributed by atoms with van der Waals surface area (Å²) >= 11 is 0. The van der Waals surface area contributed by atoms with E-state index in [1.54, 1.807) is 32.9 Å². The summed E-state index contributed by atoms with van der Waals surface area (Å²) < 4.78 is 66.0. The van der Waals surface area contributed by atoms with Crippen molar-refractivity contribution < 1.29 is 26.4 Å². The lowest BCUT2D eigenvalue weighted by molar-refractivity contribution is -0.137. The number of carbonyl (C=O) groups excluding carboxylic acids is 1. The number of rotatable bonds is 8. The fraction of sp³-hybridized carbons (Fsp3) is 0.350. The third-order valence-electron chi connectivity index (χ3n) is 4.47. The second-order valence-electron chi connectivity index (χ2n) is 6.51. The van der Waals surface area contributed by atoms with Gasteiger partial charge in [0.1, 0.15) is 0 Å². The lowest BCUT2D eigenvalue weighted by Crippen LogP contribution is -2.31. The number of anilines is 2. The fourth-order valence-electron chi connectivity index (χ4n) is 2.91. The first-order chi connectivity index (χ1) is 14.0. The van der Waals surface area contributed by atoms with Crippen LogP contribution < -0.4 is 10.6 Å². The Labute approximate surface area is 174 Å². The van der Waals surface area contributed by atoms with Crippen LogP contribution in [-0.2, 0) is 21.0 Å². The first-order valence-corrected chi connectivity index (χ1v) is 10.8. The van der Waals surface area contributed by atoms with Gasteiger partial charge in [0.2, 0.25) is 15.9 Å². The van der Waals surface area contributed by atoms with Crippen LogP contribution in [0, 0.1) is 6.92 Å². The molecule has 2 N–H and O–H groups in total. The molecule has 0 atom stereocenters. The molecule has 0 aliphatic heterocycles. The second kappa shape index (κ2) is 9.48. The SMILES string of the molecule is CCN(CC)S(=O)(=O)c1cc(NCC(=O)Nc2ccccc2C(F)(F)F)ccc1C. The van der Waals surface area contributed by atoms with Gasteiger partial charge in [0.15, 0.2) is 0 Å². The predicted molar refractivity (Wildman–Crippen MR) is 110 cm³/mol. The predicted octanol–water partition coefficient (Wildman–Crippen LogP) is 4.09. The summed E-state index contributed by atoms with van der Waals surface area (Å²) in [4.78, 5) is 12.3. The van der Waals surface area contributed by atoms with Gasteiger partial charge in [-0.2, -0.15) is 17.5 Å². The Morgan fingerprint density at radius 2 is 1.70 bits per heavy atom. The highest BCUT2D eigenvalue weighted by Gasteiger charge is 2.33. The smallest absolute Gasteiger partial charge is 0.376 e. The second-order valence-corrected chi connectivity index (χ2v) is 8.42. The standard InChI is InChI=1S/C20H24F3N3O3S/c1-4-26(5-2)30(28,29)18-12-15(11-10-14(18)3)24-13-19(27)25-17-9-7-6-8-16(17)20(21,22)23/h6-12,24H,4-5,13H2,1-3H3,(H,25,27). The monoisotopic (exact) mass is 443 g/mol. The molecule has 0 saturated carbocycles. The van der Waals surface area contributed by atoms with Crippen molar-refractivity contribution in [3.05, 3.63) is 53.6 Å². The lowest BCUT2D eigenvalue weighted by atomic mass is 10.1. The Morgan fingerprint density at radius 3 is 2.30 bits per heavy atom. The molecule has 1 amide bonds. The first kappa shape index (κ1) is 23.7. The number of para-hydroxylation sites is 1. The average Bonchev–Trinajstić information content (AvgIpc) is 2.67. The van der Waals surface area contributed by atoms with Gasteiger partial charge in [-0.25, -0.2) is 8.42 Å². The molecule has 0 aromatic heterocycles. The molecule has 2 rings (SSSR count). The summed E-state index contributed by atoms with van der Waals surface area (Å²) in [7, 11) is -3.70. The van der Waals surface area contributed by atoms with Crippen LogP contribution in [-0.4, -0.2) is 38.3 Å². The number of nitrogens with zero attached hydrogens (tertiary/aromatic N) is 1. The van der Waals surface area contributed by atoms with E-state index in [4.69, 9.17) is 0 Å². The van der Waals surface area contributed by atoms with Crippen LogP contribution in [0.4, 0.5) is 24.5 Å². The van der Waals surface area contributed by atoms with Gasteiger partial charge < -0.3 is 10.6 Å². The fourth-order valence-corrected chi connectivity index (χ4v) is 4.62. The number of amides is 1. The van der Waals surface area contributed by atoms with Gasteiger partial charge in [0, 0.05) is 18.8 Å². The van der Waals surface area contributed by atoms with E-state index in [2.05, 4.69) is 10.6 Å². The average molecular weight is 443 g/mol. The molecular formula is C20H24F3N3O3S. The van der Waals surface area contributed by atoms with Crippen molar-refractivity contribution >= 4 is 27.3 Å². The molecule has 10 heteroatoms. The van der Waals surface area contributed by atoms with Crippen molar-refractivity contribution in [3.63, 3.8) is 0 Å². The van der Waals surface area contributed by atoms with Gasteiger partial charge in [0.25, 0.3) is 0 Å². The third kappa shape index (κ3) is 5.51. The Balaban J connectivity index is 2.15. The third-order valence-corrected chi connectivity index (χ3v) is 6.66. The van der Waals surface area contributed by atoms with E-state index in [9.17, 15) is 26.4 Å². The normalized spacial score (nSPS) is 12.1. The number of nitrogens with one attached hydrogen (secondary N) is 2. The highest BCUT2D eigenvalue weighted by Crippen LogP contribution is 2.34. The van der Waals surface area contributed by atoms with Crippen LogP contribution in [0.5, 0.6) is 0 Å². The molecule has 0 unspecified atom stereocenters. The summed E-state index contributed by atoms with van der Waals surface area (Å²) in [6.45, 7) is 5.44. The van der Waals surface area contributed by atoms with E-state index in [0.29, 0.717) is 24.3 Å². The largest absolute Gasteiger partial charge is 0.418 e. The maximum absolute atomic E-state index is 13.0. The molecule has 2 aromatic rings. The topological polar surface area (TPSA) is 78.5 Å². The number of alkyl halides is 3. The van der Waals surface area contributed by atoms with Gasteiger partial charge >= 0.3 is 6.18 Å². The Hall–Kier alpha value is -2.59. The minimum atomic E-state index is -4.60. The van der Waals surface area contributed by atoms with E-state index < -0.39 is 27.7 Å². The summed E-state index contributed by atoms with van der Waals surface area (Å²) in [5.74, 6) is -0.694. The van der Waals surface area contributed by atoms with Gasteiger partial charge in [-0.3, -0.25) is 4.79 Å². The molecule has 0 aliphatic rings. The van der Waals surface area contributed by atoms with Crippen LogP contribution in [0.25, 0.3) is 0 Å². The van der Waals surface area contributed by atoms with Crippen molar-refractivity contribution in [2.45, 2.75) is 31.8 Å². The zero-order valence-corrected chi connectivity index (χ0v) is 17.7. The zero-order valence-electron chi connectivity index (χ0n) is 16.9. The first-order valence-electron chi connectivity index (χ1n) is 9.31. The van der Waals surface area contributed by atoms with Crippen molar-refractivity contribution in [1.82, 2.24) is 4.31 Å². The highest BCUT2D eigenvalue weighted by molar-refractivity contribution is 7.89. The van der Waals surface area contributed by atoms with E-state index >= 15 is 0 Å². The van der Waals surface area contributed by atoms with Crippen molar-refractivity contribution in [3.8, 4) is 0 Å². The number of benzene rings is 2. The van der Waals surface area contributed by atoms with Crippen LogP contribution in [0.1, 0.15) is 25.0 Å². The molecule has 0 fully saturated rings. The molecule has 164 valence electrons. The zero-order chi connectivity index (χ0) is 22.5. The Morgan fingerprint density at radius 1 is 1.07 bits per heavy atom. The summed E-state index contributed by atoms with van der Waals surface area (Å²) in [6, 6.07) is 9.31. The van der Waals surface area contributed by atoms with Crippen LogP contribution in [0.3, 0.4) is 0 Å². The summed E-state index contributed by atoms with van der Waals surface area (Å²) in [5.41, 5.74) is -0.367. The lowest BCUT2D eigenvalue weighted by Gasteiger charge is -2.20. The molecule has 0 radical (unpaired) electrons. The maximum Gasteiger partial charge on any atom is 0.418 e. The minimum Gasteiger partial charge on any atom is -0.376 e. The molecule has 0 spiro atoms. The Kier molecular flexibility index (Phi) is 7.49. The Bertz CT molecular complexity index is 1000. The van der Waals surface area contributed by atoms with Gasteiger partial charge in [-0.15, -0.1) is 0 Å². The number of hydrogen-bond donors (Lipinski definition) is 2. The van der Waals surface area contributed by atoms with E-state index in [1.165, 1.54) is 28.6 Å².